The zero-order valence-electron chi connectivity index (χ0n) is 26.7. The molecule has 0 radical (unpaired) electrons. The third kappa shape index (κ3) is 7.66. The number of rotatable bonds is 8. The van der Waals surface area contributed by atoms with E-state index in [1.165, 1.54) is 6.42 Å². The average Bonchev–Trinajstić information content (AvgIpc) is 3.44. The van der Waals surface area contributed by atoms with Crippen molar-refractivity contribution in [1.29, 1.82) is 0 Å². The first-order valence-electron chi connectivity index (χ1n) is 16.4. The van der Waals surface area contributed by atoms with Gasteiger partial charge in [-0.15, -0.1) is 0 Å². The van der Waals surface area contributed by atoms with E-state index in [1.54, 1.807) is 0 Å². The Bertz CT molecular complexity index is 1010. The standard InChI is InChI=1S/C35H56N2O4/c1-33(2,3)28-22-25(23-29(31(28)39)34(4,5)6)17-18-30(38)37(24-27-16-13-21-41-27)35(19-11-8-12-20-35)32(40)36-26-14-9-7-10-15-26/h22-23,26-27,39H,7-21,24H2,1-6H3,(H,36,40)/t27-/m0/s1. The van der Waals surface area contributed by atoms with Gasteiger partial charge in [-0.25, -0.2) is 0 Å². The lowest BCUT2D eigenvalue weighted by atomic mass is 9.77. The number of ether oxygens (including phenoxy) is 1. The van der Waals surface area contributed by atoms with Gasteiger partial charge in [0, 0.05) is 25.6 Å². The molecule has 1 atom stereocenters. The number of amides is 2. The van der Waals surface area contributed by atoms with E-state index in [4.69, 9.17) is 4.74 Å². The van der Waals surface area contributed by atoms with Crippen LogP contribution in [0, 0.1) is 0 Å². The summed E-state index contributed by atoms with van der Waals surface area (Å²) in [6.45, 7) is 13.9. The molecule has 2 aliphatic carbocycles. The lowest BCUT2D eigenvalue weighted by Crippen LogP contribution is -2.64. The van der Waals surface area contributed by atoms with Crippen LogP contribution in [0.2, 0.25) is 0 Å². The monoisotopic (exact) mass is 568 g/mol. The molecular formula is C35H56N2O4. The maximum atomic E-state index is 14.3. The van der Waals surface area contributed by atoms with Crippen molar-refractivity contribution < 1.29 is 19.4 Å². The second kappa shape index (κ2) is 13.1. The van der Waals surface area contributed by atoms with Crippen LogP contribution >= 0.6 is 0 Å². The molecule has 1 saturated heterocycles. The summed E-state index contributed by atoms with van der Waals surface area (Å²) in [5, 5.41) is 14.6. The van der Waals surface area contributed by atoms with Crippen LogP contribution in [0.25, 0.3) is 0 Å². The number of benzene rings is 1. The molecular weight excluding hydrogens is 512 g/mol. The smallest absolute Gasteiger partial charge is 0.246 e. The second-order valence-corrected chi connectivity index (χ2v) is 15.1. The van der Waals surface area contributed by atoms with Crippen molar-refractivity contribution in [3.8, 4) is 5.75 Å². The van der Waals surface area contributed by atoms with Crippen molar-refractivity contribution in [2.24, 2.45) is 0 Å². The number of aryl methyl sites for hydroxylation is 1. The highest BCUT2D eigenvalue weighted by Crippen LogP contribution is 2.41. The predicted octanol–water partition coefficient (Wildman–Crippen LogP) is 7.08. The molecule has 230 valence electrons. The quantitative estimate of drug-likeness (QED) is 0.351. The summed E-state index contributed by atoms with van der Waals surface area (Å²) in [5.41, 5.74) is 1.66. The summed E-state index contributed by atoms with van der Waals surface area (Å²) in [4.78, 5) is 30.4. The Balaban J connectivity index is 1.61. The van der Waals surface area contributed by atoms with Gasteiger partial charge in [-0.2, -0.15) is 0 Å². The average molecular weight is 569 g/mol. The number of phenols is 1. The summed E-state index contributed by atoms with van der Waals surface area (Å²) in [7, 11) is 0. The number of nitrogens with one attached hydrogen (secondary N) is 1. The molecule has 3 aliphatic rings. The Kier molecular flexibility index (Phi) is 10.1. The van der Waals surface area contributed by atoms with Gasteiger partial charge in [-0.05, 0) is 72.5 Å². The van der Waals surface area contributed by atoms with Crippen molar-refractivity contribution in [3.05, 3.63) is 28.8 Å². The van der Waals surface area contributed by atoms with Gasteiger partial charge < -0.3 is 20.1 Å². The lowest BCUT2D eigenvalue weighted by molar-refractivity contribution is -0.153. The minimum absolute atomic E-state index is 0.00566. The van der Waals surface area contributed by atoms with E-state index in [-0.39, 0.29) is 34.8 Å². The summed E-state index contributed by atoms with van der Waals surface area (Å²) in [6, 6.07) is 4.38. The van der Waals surface area contributed by atoms with Crippen LogP contribution in [-0.2, 0) is 31.6 Å². The first-order valence-corrected chi connectivity index (χ1v) is 16.4. The highest BCUT2D eigenvalue weighted by atomic mass is 16.5. The van der Waals surface area contributed by atoms with Crippen LogP contribution in [0.15, 0.2) is 12.1 Å². The SMILES string of the molecule is CC(C)(C)c1cc(CCC(=O)N(C[C@@H]2CCCO2)C2(C(=O)NC3CCCCC3)CCCCC2)cc(C(C)(C)C)c1O. The molecule has 41 heavy (non-hydrogen) atoms. The van der Waals surface area contributed by atoms with Gasteiger partial charge in [0.15, 0.2) is 0 Å². The van der Waals surface area contributed by atoms with Crippen LogP contribution in [0.4, 0.5) is 0 Å². The Labute approximate surface area is 249 Å². The fourth-order valence-corrected chi connectivity index (χ4v) is 7.20. The molecule has 2 amide bonds. The fourth-order valence-electron chi connectivity index (χ4n) is 7.20. The van der Waals surface area contributed by atoms with Crippen LogP contribution in [0.5, 0.6) is 5.75 Å². The molecule has 0 aromatic heterocycles. The molecule has 1 aromatic rings. The molecule has 0 bridgehead atoms. The topological polar surface area (TPSA) is 78.9 Å². The Morgan fingerprint density at radius 1 is 0.902 bits per heavy atom. The molecule has 1 aromatic carbocycles. The largest absolute Gasteiger partial charge is 0.507 e. The minimum atomic E-state index is -0.791. The summed E-state index contributed by atoms with van der Waals surface area (Å²) in [5.74, 6) is 0.467. The van der Waals surface area contributed by atoms with E-state index in [2.05, 4.69) is 59.0 Å². The Morgan fingerprint density at radius 2 is 1.49 bits per heavy atom. The van der Waals surface area contributed by atoms with Gasteiger partial charge in [0.25, 0.3) is 0 Å². The van der Waals surface area contributed by atoms with E-state index >= 15 is 0 Å². The zero-order chi connectivity index (χ0) is 29.8. The van der Waals surface area contributed by atoms with Crippen molar-refractivity contribution in [3.63, 3.8) is 0 Å². The number of aromatic hydroxyl groups is 1. The second-order valence-electron chi connectivity index (χ2n) is 15.1. The third-order valence-corrected chi connectivity index (χ3v) is 9.68. The highest BCUT2D eigenvalue weighted by molar-refractivity contribution is 5.92. The highest BCUT2D eigenvalue weighted by Gasteiger charge is 2.48. The molecule has 4 rings (SSSR count). The van der Waals surface area contributed by atoms with Crippen molar-refractivity contribution >= 4 is 11.8 Å². The van der Waals surface area contributed by atoms with Crippen molar-refractivity contribution in [2.45, 2.75) is 160 Å². The molecule has 2 N–H and O–H groups in total. The maximum Gasteiger partial charge on any atom is 0.246 e. The molecule has 2 saturated carbocycles. The fraction of sp³-hybridized carbons (Fsp3) is 0.771. The van der Waals surface area contributed by atoms with E-state index in [0.717, 1.165) is 93.9 Å². The molecule has 3 fully saturated rings. The van der Waals surface area contributed by atoms with E-state index in [0.29, 0.717) is 25.1 Å². The van der Waals surface area contributed by atoms with E-state index < -0.39 is 5.54 Å². The normalized spacial score (nSPS) is 22.0. The number of carbonyl (C=O) groups is 2. The van der Waals surface area contributed by atoms with Gasteiger partial charge in [0.2, 0.25) is 11.8 Å². The van der Waals surface area contributed by atoms with Crippen molar-refractivity contribution in [1.82, 2.24) is 10.2 Å². The summed E-state index contributed by atoms with van der Waals surface area (Å²) in [6.07, 6.45) is 13.0. The lowest BCUT2D eigenvalue weighted by Gasteiger charge is -2.46. The van der Waals surface area contributed by atoms with Crippen LogP contribution in [0.3, 0.4) is 0 Å². The van der Waals surface area contributed by atoms with Crippen LogP contribution in [0.1, 0.15) is 142 Å². The van der Waals surface area contributed by atoms with Gasteiger partial charge >= 0.3 is 0 Å². The molecule has 0 spiro atoms. The number of hydrogen-bond donors (Lipinski definition) is 2. The van der Waals surface area contributed by atoms with E-state index in [9.17, 15) is 14.7 Å². The molecule has 1 aliphatic heterocycles. The molecule has 1 heterocycles. The molecule has 6 heteroatoms. The first-order chi connectivity index (χ1) is 19.3. The van der Waals surface area contributed by atoms with E-state index in [1.807, 2.05) is 4.90 Å². The minimum Gasteiger partial charge on any atom is -0.507 e. The van der Waals surface area contributed by atoms with Gasteiger partial charge in [-0.1, -0.05) is 92.2 Å². The van der Waals surface area contributed by atoms with Gasteiger partial charge in [0.1, 0.15) is 11.3 Å². The summed E-state index contributed by atoms with van der Waals surface area (Å²) < 4.78 is 6.03. The van der Waals surface area contributed by atoms with Gasteiger partial charge in [0.05, 0.1) is 6.10 Å². The Hall–Kier alpha value is -2.08. The maximum absolute atomic E-state index is 14.3. The van der Waals surface area contributed by atoms with Crippen LogP contribution in [-0.4, -0.2) is 52.7 Å². The number of carbonyl (C=O) groups excluding carboxylic acids is 2. The zero-order valence-corrected chi connectivity index (χ0v) is 26.7. The number of nitrogens with zero attached hydrogens (tertiary/aromatic N) is 1. The molecule has 6 nitrogen and oxygen atoms in total. The number of phenolic OH excluding ortho intramolecular Hbond substituents is 1. The van der Waals surface area contributed by atoms with Gasteiger partial charge in [-0.3, -0.25) is 9.59 Å². The Morgan fingerprint density at radius 3 is 2.02 bits per heavy atom. The number of hydrogen-bond acceptors (Lipinski definition) is 4. The predicted molar refractivity (Wildman–Crippen MR) is 165 cm³/mol. The molecule has 0 unspecified atom stereocenters. The van der Waals surface area contributed by atoms with Crippen molar-refractivity contribution in [2.75, 3.05) is 13.2 Å². The summed E-state index contributed by atoms with van der Waals surface area (Å²) >= 11 is 0. The van der Waals surface area contributed by atoms with Crippen LogP contribution < -0.4 is 5.32 Å². The first kappa shape index (κ1) is 31.8. The third-order valence-electron chi connectivity index (χ3n) is 9.68.